The Morgan fingerprint density at radius 2 is 0.857 bits per heavy atom. The molecule has 316 valence electrons. The fourth-order valence-electron chi connectivity index (χ4n) is 5.57. The van der Waals surface area contributed by atoms with Crippen LogP contribution in [0.15, 0.2) is 109 Å². The van der Waals surface area contributed by atoms with Crippen molar-refractivity contribution in [1.82, 2.24) is 0 Å². The largest absolute Gasteiger partial charge is 0.461 e. The lowest BCUT2D eigenvalue weighted by Crippen LogP contribution is -2.30. The monoisotopic (exact) mass is 775 g/mol. The number of ether oxygens (including phenoxy) is 3. The summed E-state index contributed by atoms with van der Waals surface area (Å²) in [5, 5.41) is 0. The second-order valence-corrected chi connectivity index (χ2v) is 14.2. The molecule has 1 atom stereocenters. The lowest BCUT2D eigenvalue weighted by molar-refractivity contribution is -0.162. The minimum atomic E-state index is -0.588. The zero-order valence-corrected chi connectivity index (χ0v) is 36.1. The molecular weight excluding hydrogens is 693 g/mol. The SMILES string of the molecule is CC/C=C\C/C=C\C/C=C\C/C=C\C/C=C\CC(=O)OCC(COCCCCCCC/C=C\C/C=C\C/C=C\C/C=C\CC)OC(=O)CCCCCCCCC. The highest BCUT2D eigenvalue weighted by atomic mass is 16.6. The maximum absolute atomic E-state index is 12.6. The fourth-order valence-corrected chi connectivity index (χ4v) is 5.57. The molecule has 0 aromatic carbocycles. The molecule has 0 N–H and O–H groups in total. The quantitative estimate of drug-likeness (QED) is 0.0354. The first-order chi connectivity index (χ1) is 27.6. The Hall–Kier alpha value is -3.44. The number of carbonyl (C=O) groups excluding carboxylic acids is 2. The lowest BCUT2D eigenvalue weighted by atomic mass is 10.1. The van der Waals surface area contributed by atoms with Gasteiger partial charge in [-0.3, -0.25) is 9.59 Å². The molecule has 0 aromatic rings. The van der Waals surface area contributed by atoms with Crippen LogP contribution in [-0.2, 0) is 23.8 Å². The van der Waals surface area contributed by atoms with Gasteiger partial charge >= 0.3 is 11.9 Å². The van der Waals surface area contributed by atoms with Gasteiger partial charge in [-0.05, 0) is 83.5 Å². The van der Waals surface area contributed by atoms with Crippen LogP contribution in [0.4, 0.5) is 0 Å². The normalized spacial score (nSPS) is 13.3. The van der Waals surface area contributed by atoms with Crippen LogP contribution in [0.25, 0.3) is 0 Å². The van der Waals surface area contributed by atoms with Crippen LogP contribution >= 0.6 is 0 Å². The zero-order chi connectivity index (χ0) is 40.7. The van der Waals surface area contributed by atoms with Crippen LogP contribution in [0, 0.1) is 0 Å². The lowest BCUT2D eigenvalue weighted by Gasteiger charge is -2.18. The van der Waals surface area contributed by atoms with Gasteiger partial charge in [0.2, 0.25) is 0 Å². The van der Waals surface area contributed by atoms with Gasteiger partial charge in [-0.25, -0.2) is 0 Å². The van der Waals surface area contributed by atoms with Gasteiger partial charge in [-0.2, -0.15) is 0 Å². The minimum Gasteiger partial charge on any atom is -0.461 e. The number of esters is 2. The summed E-state index contributed by atoms with van der Waals surface area (Å²) < 4.78 is 17.1. The summed E-state index contributed by atoms with van der Waals surface area (Å²) in [5.74, 6) is -0.570. The summed E-state index contributed by atoms with van der Waals surface area (Å²) in [5.41, 5.74) is 0. The van der Waals surface area contributed by atoms with Crippen molar-refractivity contribution < 1.29 is 23.8 Å². The molecule has 0 heterocycles. The molecule has 0 saturated carbocycles. The van der Waals surface area contributed by atoms with Crippen LogP contribution in [0.2, 0.25) is 0 Å². The maximum Gasteiger partial charge on any atom is 0.309 e. The van der Waals surface area contributed by atoms with Crippen LogP contribution in [0.1, 0.15) is 175 Å². The molecule has 0 fully saturated rings. The van der Waals surface area contributed by atoms with Gasteiger partial charge in [0.25, 0.3) is 0 Å². The van der Waals surface area contributed by atoms with E-state index in [1.807, 2.05) is 12.2 Å². The van der Waals surface area contributed by atoms with Gasteiger partial charge in [0.15, 0.2) is 6.10 Å². The second kappa shape index (κ2) is 45.9. The Morgan fingerprint density at radius 1 is 0.429 bits per heavy atom. The molecule has 56 heavy (non-hydrogen) atoms. The zero-order valence-electron chi connectivity index (χ0n) is 36.1. The van der Waals surface area contributed by atoms with Crippen molar-refractivity contribution in [1.29, 1.82) is 0 Å². The average molecular weight is 775 g/mol. The topological polar surface area (TPSA) is 61.8 Å². The number of rotatable bonds is 39. The molecule has 0 amide bonds. The first-order valence-corrected chi connectivity index (χ1v) is 22.4. The van der Waals surface area contributed by atoms with Gasteiger partial charge in [0, 0.05) is 13.0 Å². The molecule has 0 rings (SSSR count). The third kappa shape index (κ3) is 43.3. The number of carbonyl (C=O) groups is 2. The maximum atomic E-state index is 12.6. The van der Waals surface area contributed by atoms with E-state index in [4.69, 9.17) is 14.2 Å². The molecule has 5 heteroatoms. The smallest absolute Gasteiger partial charge is 0.309 e. The highest BCUT2D eigenvalue weighted by molar-refractivity contribution is 5.71. The van der Waals surface area contributed by atoms with E-state index >= 15 is 0 Å². The summed E-state index contributed by atoms with van der Waals surface area (Å²) in [6.07, 6.45) is 62.7. The molecule has 0 bridgehead atoms. The van der Waals surface area contributed by atoms with E-state index < -0.39 is 6.10 Å². The van der Waals surface area contributed by atoms with Crippen molar-refractivity contribution in [2.45, 2.75) is 181 Å². The Kier molecular flexibility index (Phi) is 43.1. The van der Waals surface area contributed by atoms with Crippen molar-refractivity contribution in [2.24, 2.45) is 0 Å². The second-order valence-electron chi connectivity index (χ2n) is 14.2. The first kappa shape index (κ1) is 52.6. The Labute approximate surface area is 344 Å². The van der Waals surface area contributed by atoms with Crippen LogP contribution < -0.4 is 0 Å². The highest BCUT2D eigenvalue weighted by Gasteiger charge is 2.17. The number of hydrogen-bond acceptors (Lipinski definition) is 5. The Morgan fingerprint density at radius 3 is 1.38 bits per heavy atom. The standard InChI is InChI=1S/C51H82O5/c1-4-7-10-13-16-18-20-22-24-25-26-28-30-32-34-37-40-43-46-54-47-49(56-51(53)45-42-39-35-15-12-9-6-3)48-55-50(52)44-41-38-36-33-31-29-27-23-21-19-17-14-11-8-5-2/h7-8,10-11,16-19,22-24,26-28,31,33,38,41,49H,4-6,9,12-15,20-21,25,29-30,32,34-37,39-40,42-48H2,1-3H3/b10-7-,11-8-,18-16-,19-17-,24-22-,27-23-,28-26-,33-31-,41-38-. The van der Waals surface area contributed by atoms with Crippen molar-refractivity contribution in [3.8, 4) is 0 Å². The van der Waals surface area contributed by atoms with Crippen molar-refractivity contribution in [2.75, 3.05) is 19.8 Å². The average Bonchev–Trinajstić information content (AvgIpc) is 3.20. The molecule has 0 aliphatic rings. The van der Waals surface area contributed by atoms with E-state index in [9.17, 15) is 9.59 Å². The minimum absolute atomic E-state index is 0.0175. The summed E-state index contributed by atoms with van der Waals surface area (Å²) in [4.78, 5) is 25.1. The molecule has 0 aliphatic heterocycles. The third-order valence-corrected chi connectivity index (χ3v) is 8.84. The van der Waals surface area contributed by atoms with E-state index in [2.05, 4.69) is 118 Å². The van der Waals surface area contributed by atoms with Gasteiger partial charge in [0.05, 0.1) is 13.0 Å². The molecule has 0 radical (unpaired) electrons. The van der Waals surface area contributed by atoms with E-state index in [0.29, 0.717) is 13.0 Å². The third-order valence-electron chi connectivity index (χ3n) is 8.84. The van der Waals surface area contributed by atoms with Gasteiger partial charge in [-0.15, -0.1) is 0 Å². The molecule has 0 spiro atoms. The van der Waals surface area contributed by atoms with Crippen molar-refractivity contribution >= 4 is 11.9 Å². The van der Waals surface area contributed by atoms with E-state index in [-0.39, 0.29) is 31.6 Å². The summed E-state index contributed by atoms with van der Waals surface area (Å²) >= 11 is 0. The Bertz CT molecular complexity index is 1150. The van der Waals surface area contributed by atoms with Gasteiger partial charge in [-0.1, -0.05) is 188 Å². The van der Waals surface area contributed by atoms with E-state index in [1.54, 1.807) is 0 Å². The van der Waals surface area contributed by atoms with Gasteiger partial charge in [0.1, 0.15) is 6.61 Å². The summed E-state index contributed by atoms with van der Waals surface area (Å²) in [7, 11) is 0. The summed E-state index contributed by atoms with van der Waals surface area (Å²) in [6, 6.07) is 0. The first-order valence-electron chi connectivity index (χ1n) is 22.4. The highest BCUT2D eigenvalue weighted by Crippen LogP contribution is 2.11. The summed E-state index contributed by atoms with van der Waals surface area (Å²) in [6.45, 7) is 7.39. The number of unbranched alkanes of at least 4 members (excludes halogenated alkanes) is 11. The van der Waals surface area contributed by atoms with Crippen LogP contribution in [-0.4, -0.2) is 37.9 Å². The van der Waals surface area contributed by atoms with E-state index in [1.165, 1.54) is 44.9 Å². The van der Waals surface area contributed by atoms with Crippen LogP contribution in [0.3, 0.4) is 0 Å². The molecular formula is C51H82O5. The molecule has 0 saturated heterocycles. The molecule has 1 unspecified atom stereocenters. The predicted octanol–water partition coefficient (Wildman–Crippen LogP) is 14.9. The number of hydrogen-bond donors (Lipinski definition) is 0. The van der Waals surface area contributed by atoms with Crippen molar-refractivity contribution in [3.63, 3.8) is 0 Å². The number of allylic oxidation sites excluding steroid dienone is 17. The molecule has 0 aliphatic carbocycles. The molecule has 5 nitrogen and oxygen atoms in total. The fraction of sp³-hybridized carbons (Fsp3) is 0.608. The predicted molar refractivity (Wildman–Crippen MR) is 242 cm³/mol. The molecule has 0 aromatic heterocycles. The van der Waals surface area contributed by atoms with Gasteiger partial charge < -0.3 is 14.2 Å². The van der Waals surface area contributed by atoms with E-state index in [0.717, 1.165) is 96.3 Å². The van der Waals surface area contributed by atoms with Crippen LogP contribution in [0.5, 0.6) is 0 Å². The van der Waals surface area contributed by atoms with Crippen molar-refractivity contribution in [3.05, 3.63) is 109 Å². The Balaban J connectivity index is 4.34.